The average Bonchev–Trinajstić information content (AvgIpc) is 2.98. The van der Waals surface area contributed by atoms with Gasteiger partial charge in [0.15, 0.2) is 5.82 Å². The molecule has 5 heteroatoms. The van der Waals surface area contributed by atoms with Crippen molar-refractivity contribution in [2.75, 3.05) is 7.05 Å². The lowest BCUT2D eigenvalue weighted by Crippen LogP contribution is -2.18. The van der Waals surface area contributed by atoms with Crippen LogP contribution in [-0.2, 0) is 12.2 Å². The molecule has 0 aliphatic carbocycles. The van der Waals surface area contributed by atoms with E-state index < -0.39 is 0 Å². The Balaban J connectivity index is 1.95. The van der Waals surface area contributed by atoms with Gasteiger partial charge in [-0.25, -0.2) is 0 Å². The molecule has 1 heterocycles. The molecule has 21 heavy (non-hydrogen) atoms. The number of nitrogens with one attached hydrogen (secondary N) is 1. The molecule has 2 atom stereocenters. The molecule has 1 aromatic heterocycles. The monoisotopic (exact) mass is 305 g/mol. The van der Waals surface area contributed by atoms with Crippen LogP contribution in [0.25, 0.3) is 0 Å². The zero-order valence-electron chi connectivity index (χ0n) is 12.9. The standard InChI is InChI=1S/C16H23N3OS/c1-4-12(2)21-11-15-18-16(20-19-15)10-14(17-3)13-8-6-5-7-9-13/h5-9,12,14,17H,4,10-11H2,1-3H3. The molecule has 0 radical (unpaired) electrons. The van der Waals surface area contributed by atoms with E-state index in [0.717, 1.165) is 18.0 Å². The highest BCUT2D eigenvalue weighted by molar-refractivity contribution is 7.99. The van der Waals surface area contributed by atoms with Crippen molar-refractivity contribution in [3.8, 4) is 0 Å². The van der Waals surface area contributed by atoms with Crippen LogP contribution < -0.4 is 5.32 Å². The summed E-state index contributed by atoms with van der Waals surface area (Å²) in [4.78, 5) is 4.49. The van der Waals surface area contributed by atoms with Crippen molar-refractivity contribution in [3.63, 3.8) is 0 Å². The predicted molar refractivity (Wildman–Crippen MR) is 87.3 cm³/mol. The predicted octanol–water partition coefficient (Wildman–Crippen LogP) is 3.60. The Morgan fingerprint density at radius 2 is 2.05 bits per heavy atom. The van der Waals surface area contributed by atoms with E-state index in [1.807, 2.05) is 37.0 Å². The number of thioether (sulfide) groups is 1. The van der Waals surface area contributed by atoms with E-state index in [2.05, 4.69) is 41.4 Å². The van der Waals surface area contributed by atoms with Crippen LogP contribution in [0.5, 0.6) is 0 Å². The van der Waals surface area contributed by atoms with Gasteiger partial charge in [0.05, 0.1) is 5.75 Å². The van der Waals surface area contributed by atoms with Gasteiger partial charge < -0.3 is 9.84 Å². The molecule has 0 aliphatic rings. The minimum absolute atomic E-state index is 0.196. The first-order valence-electron chi connectivity index (χ1n) is 7.38. The SMILES string of the molecule is CCC(C)SCc1noc(CC(NC)c2ccccc2)n1. The first-order valence-corrected chi connectivity index (χ1v) is 8.43. The number of rotatable bonds is 8. The van der Waals surface area contributed by atoms with Crippen LogP contribution >= 0.6 is 11.8 Å². The molecule has 0 aliphatic heterocycles. The lowest BCUT2D eigenvalue weighted by Gasteiger charge is -2.13. The maximum absolute atomic E-state index is 5.37. The van der Waals surface area contributed by atoms with E-state index in [1.54, 1.807) is 0 Å². The highest BCUT2D eigenvalue weighted by atomic mass is 32.2. The highest BCUT2D eigenvalue weighted by Crippen LogP contribution is 2.20. The number of nitrogens with zero attached hydrogens (tertiary/aromatic N) is 2. The number of hydrogen-bond donors (Lipinski definition) is 1. The fraction of sp³-hybridized carbons (Fsp3) is 0.500. The van der Waals surface area contributed by atoms with Gasteiger partial charge in [-0.2, -0.15) is 16.7 Å². The lowest BCUT2D eigenvalue weighted by molar-refractivity contribution is 0.359. The second-order valence-electron chi connectivity index (χ2n) is 5.09. The first-order chi connectivity index (χ1) is 10.2. The normalized spacial score (nSPS) is 14.0. The molecule has 0 fully saturated rings. The maximum Gasteiger partial charge on any atom is 0.228 e. The quantitative estimate of drug-likeness (QED) is 0.807. The average molecular weight is 305 g/mol. The fourth-order valence-corrected chi connectivity index (χ4v) is 2.80. The Labute approximate surface area is 130 Å². The van der Waals surface area contributed by atoms with E-state index in [-0.39, 0.29) is 6.04 Å². The fourth-order valence-electron chi connectivity index (χ4n) is 2.01. The van der Waals surface area contributed by atoms with Crippen LogP contribution in [0.1, 0.15) is 43.6 Å². The number of benzene rings is 1. The minimum atomic E-state index is 0.196. The summed E-state index contributed by atoms with van der Waals surface area (Å²) in [6, 6.07) is 10.5. The van der Waals surface area contributed by atoms with E-state index in [4.69, 9.17) is 4.52 Å². The van der Waals surface area contributed by atoms with Gasteiger partial charge >= 0.3 is 0 Å². The van der Waals surface area contributed by atoms with Gasteiger partial charge in [0.1, 0.15) is 0 Å². The zero-order chi connectivity index (χ0) is 15.1. The van der Waals surface area contributed by atoms with Gasteiger partial charge in [0.25, 0.3) is 0 Å². The molecule has 0 saturated heterocycles. The Morgan fingerprint density at radius 1 is 1.29 bits per heavy atom. The van der Waals surface area contributed by atoms with Crippen molar-refractivity contribution >= 4 is 11.8 Å². The zero-order valence-corrected chi connectivity index (χ0v) is 13.7. The molecule has 2 rings (SSSR count). The maximum atomic E-state index is 5.37. The smallest absolute Gasteiger partial charge is 0.228 e. The molecule has 2 unspecified atom stereocenters. The molecule has 0 saturated carbocycles. The molecule has 4 nitrogen and oxygen atoms in total. The summed E-state index contributed by atoms with van der Waals surface area (Å²) in [5, 5.41) is 8.00. The molecule has 0 amide bonds. The highest BCUT2D eigenvalue weighted by Gasteiger charge is 2.15. The molecule has 2 aromatic rings. The molecule has 114 valence electrons. The molecule has 1 aromatic carbocycles. The van der Waals surface area contributed by atoms with Crippen molar-refractivity contribution in [2.24, 2.45) is 0 Å². The molecule has 0 spiro atoms. The van der Waals surface area contributed by atoms with Crippen molar-refractivity contribution in [1.29, 1.82) is 0 Å². The van der Waals surface area contributed by atoms with E-state index in [9.17, 15) is 0 Å². The number of hydrogen-bond acceptors (Lipinski definition) is 5. The molecular formula is C16H23N3OS. The van der Waals surface area contributed by atoms with Gasteiger partial charge in [-0.05, 0) is 19.0 Å². The summed E-state index contributed by atoms with van der Waals surface area (Å²) in [7, 11) is 1.95. The van der Waals surface area contributed by atoms with Gasteiger partial charge in [0, 0.05) is 17.7 Å². The van der Waals surface area contributed by atoms with Crippen LogP contribution in [0.4, 0.5) is 0 Å². The molecular weight excluding hydrogens is 282 g/mol. The lowest BCUT2D eigenvalue weighted by atomic mass is 10.0. The van der Waals surface area contributed by atoms with Gasteiger partial charge in [0.2, 0.25) is 5.89 Å². The summed E-state index contributed by atoms with van der Waals surface area (Å²) in [6.45, 7) is 4.41. The van der Waals surface area contributed by atoms with Crippen molar-refractivity contribution in [1.82, 2.24) is 15.5 Å². The number of aromatic nitrogens is 2. The van der Waals surface area contributed by atoms with Crippen LogP contribution in [0.15, 0.2) is 34.9 Å². The molecule has 1 N–H and O–H groups in total. The van der Waals surface area contributed by atoms with Gasteiger partial charge in [-0.15, -0.1) is 0 Å². The van der Waals surface area contributed by atoms with Crippen LogP contribution in [0.2, 0.25) is 0 Å². The topological polar surface area (TPSA) is 51.0 Å². The third kappa shape index (κ3) is 4.86. The van der Waals surface area contributed by atoms with E-state index >= 15 is 0 Å². The Bertz CT molecular complexity index is 529. The van der Waals surface area contributed by atoms with Gasteiger partial charge in [-0.3, -0.25) is 0 Å². The van der Waals surface area contributed by atoms with Crippen LogP contribution in [0.3, 0.4) is 0 Å². The summed E-state index contributed by atoms with van der Waals surface area (Å²) in [5.41, 5.74) is 1.23. The Morgan fingerprint density at radius 3 is 2.71 bits per heavy atom. The summed E-state index contributed by atoms with van der Waals surface area (Å²) >= 11 is 1.86. The summed E-state index contributed by atoms with van der Waals surface area (Å²) in [5.74, 6) is 2.30. The van der Waals surface area contributed by atoms with E-state index in [1.165, 1.54) is 5.56 Å². The van der Waals surface area contributed by atoms with Crippen molar-refractivity contribution in [3.05, 3.63) is 47.6 Å². The minimum Gasteiger partial charge on any atom is -0.339 e. The van der Waals surface area contributed by atoms with Crippen LogP contribution in [0, 0.1) is 0 Å². The van der Waals surface area contributed by atoms with Crippen molar-refractivity contribution in [2.45, 2.75) is 43.7 Å². The Kier molecular flexibility index (Phi) is 6.26. The second-order valence-corrected chi connectivity index (χ2v) is 6.52. The summed E-state index contributed by atoms with van der Waals surface area (Å²) < 4.78 is 5.37. The van der Waals surface area contributed by atoms with E-state index in [0.29, 0.717) is 17.6 Å². The van der Waals surface area contributed by atoms with Gasteiger partial charge in [-0.1, -0.05) is 49.3 Å². The molecule has 0 bridgehead atoms. The summed E-state index contributed by atoms with van der Waals surface area (Å²) in [6.07, 6.45) is 1.87. The second kappa shape index (κ2) is 8.20. The first kappa shape index (κ1) is 16.0. The Hall–Kier alpha value is -1.33. The third-order valence-corrected chi connectivity index (χ3v) is 4.84. The van der Waals surface area contributed by atoms with Crippen molar-refractivity contribution < 1.29 is 4.52 Å². The number of likely N-dealkylation sites (N-methyl/N-ethyl adjacent to an activating group) is 1. The largest absolute Gasteiger partial charge is 0.339 e. The van der Waals surface area contributed by atoms with Crippen LogP contribution in [-0.4, -0.2) is 22.4 Å². The third-order valence-electron chi connectivity index (χ3n) is 3.51.